The van der Waals surface area contributed by atoms with E-state index in [1.165, 1.54) is 6.07 Å². The molecule has 3 aromatic carbocycles. The van der Waals surface area contributed by atoms with E-state index in [9.17, 15) is 14.3 Å². The van der Waals surface area contributed by atoms with Crippen molar-refractivity contribution < 1.29 is 23.8 Å². The summed E-state index contributed by atoms with van der Waals surface area (Å²) in [4.78, 5) is 11.4. The van der Waals surface area contributed by atoms with E-state index in [-0.39, 0.29) is 24.3 Å². The van der Waals surface area contributed by atoms with Crippen molar-refractivity contribution in [2.45, 2.75) is 44.1 Å². The number of methoxy groups -OCH3 is 1. The molecule has 1 saturated carbocycles. The van der Waals surface area contributed by atoms with Crippen LogP contribution in [0.5, 0.6) is 11.5 Å². The predicted octanol–water partition coefficient (Wildman–Crippen LogP) is 7.19. The number of carboxylic acid groups (broad SMARTS) is 1. The van der Waals surface area contributed by atoms with Crippen molar-refractivity contribution in [2.24, 2.45) is 5.92 Å². The van der Waals surface area contributed by atoms with E-state index >= 15 is 0 Å². The van der Waals surface area contributed by atoms with Gasteiger partial charge in [-0.1, -0.05) is 35.9 Å². The average Bonchev–Trinajstić information content (AvgIpc) is 3.59. The van der Waals surface area contributed by atoms with Crippen LogP contribution in [0.4, 0.5) is 4.39 Å². The summed E-state index contributed by atoms with van der Waals surface area (Å²) in [6.45, 7) is 0. The van der Waals surface area contributed by atoms with E-state index in [1.807, 2.05) is 36.4 Å². The number of carboxylic acids is 1. The summed E-state index contributed by atoms with van der Waals surface area (Å²) in [6, 6.07) is 16.2. The van der Waals surface area contributed by atoms with Crippen molar-refractivity contribution in [3.8, 4) is 22.6 Å². The molecule has 4 nitrogen and oxygen atoms in total. The van der Waals surface area contributed by atoms with E-state index in [0.29, 0.717) is 27.8 Å². The van der Waals surface area contributed by atoms with Gasteiger partial charge in [-0.2, -0.15) is 0 Å². The van der Waals surface area contributed by atoms with Crippen molar-refractivity contribution in [3.05, 3.63) is 82.1 Å². The van der Waals surface area contributed by atoms with Gasteiger partial charge in [-0.3, -0.25) is 4.79 Å². The average molecular weight is 481 g/mol. The van der Waals surface area contributed by atoms with Gasteiger partial charge in [0.2, 0.25) is 0 Å². The second-order valence-corrected chi connectivity index (χ2v) is 9.48. The minimum Gasteiger partial charge on any atom is -0.497 e. The van der Waals surface area contributed by atoms with Crippen LogP contribution in [0.1, 0.15) is 54.4 Å². The fourth-order valence-corrected chi connectivity index (χ4v) is 5.39. The lowest BCUT2D eigenvalue weighted by Crippen LogP contribution is -2.09. The number of aliphatic carboxylic acids is 1. The standard InChI is InChI=1S/C28H26ClFO4/c1-33-18-7-11-25(30)24(14-18)22-9-8-20-21(28(22)29)10-12-26(20)34-19-4-2-3-17(13-19)23(15-27(31)32)16-5-6-16/h2-4,7-9,11,13-14,16,23,26H,5-6,10,12,15H2,1H3,(H,31,32)/t23-,26+/m0/s1. The molecule has 0 aromatic heterocycles. The number of halogens is 2. The Balaban J connectivity index is 1.40. The Bertz CT molecular complexity index is 1240. The van der Waals surface area contributed by atoms with Gasteiger partial charge in [0.05, 0.1) is 18.6 Å². The van der Waals surface area contributed by atoms with Crippen LogP contribution in [0.15, 0.2) is 54.6 Å². The van der Waals surface area contributed by atoms with Gasteiger partial charge in [-0.25, -0.2) is 4.39 Å². The molecule has 6 heteroatoms. The van der Waals surface area contributed by atoms with Gasteiger partial charge in [0.1, 0.15) is 23.4 Å². The third-order valence-electron chi connectivity index (χ3n) is 6.90. The maximum absolute atomic E-state index is 14.6. The van der Waals surface area contributed by atoms with Crippen LogP contribution in [0.2, 0.25) is 5.02 Å². The first-order valence-corrected chi connectivity index (χ1v) is 12.0. The number of rotatable bonds is 8. The normalized spacial score (nSPS) is 17.8. The Morgan fingerprint density at radius 1 is 1.09 bits per heavy atom. The zero-order valence-electron chi connectivity index (χ0n) is 18.9. The molecule has 0 amide bonds. The summed E-state index contributed by atoms with van der Waals surface area (Å²) in [7, 11) is 1.55. The third-order valence-corrected chi connectivity index (χ3v) is 7.33. The Kier molecular flexibility index (Phi) is 6.22. The molecule has 2 atom stereocenters. The maximum atomic E-state index is 14.6. The van der Waals surface area contributed by atoms with E-state index in [2.05, 4.69) is 0 Å². The first-order chi connectivity index (χ1) is 16.4. The molecule has 2 aliphatic carbocycles. The molecule has 0 unspecified atom stereocenters. The van der Waals surface area contributed by atoms with Crippen LogP contribution in [0, 0.1) is 11.7 Å². The Hall–Kier alpha value is -3.05. The summed E-state index contributed by atoms with van der Waals surface area (Å²) >= 11 is 6.76. The SMILES string of the molecule is COc1ccc(F)c(-c2ccc3c(c2Cl)CC[C@H]3Oc2cccc([C@@H](CC(=O)O)C3CC3)c2)c1. The number of carbonyl (C=O) groups is 1. The fourth-order valence-electron chi connectivity index (χ4n) is 5.02. The largest absolute Gasteiger partial charge is 0.497 e. The topological polar surface area (TPSA) is 55.8 Å². The molecule has 0 aliphatic heterocycles. The van der Waals surface area contributed by atoms with Gasteiger partial charge in [0.25, 0.3) is 0 Å². The number of ether oxygens (including phenoxy) is 2. The lowest BCUT2D eigenvalue weighted by molar-refractivity contribution is -0.137. The van der Waals surface area contributed by atoms with Crippen molar-refractivity contribution in [1.29, 1.82) is 0 Å². The summed E-state index contributed by atoms with van der Waals surface area (Å²) in [5, 5.41) is 9.87. The lowest BCUT2D eigenvalue weighted by atomic mass is 9.91. The van der Waals surface area contributed by atoms with Crippen molar-refractivity contribution >= 4 is 17.6 Å². The van der Waals surface area contributed by atoms with Gasteiger partial charge in [0, 0.05) is 11.1 Å². The van der Waals surface area contributed by atoms with Crippen LogP contribution in [-0.2, 0) is 11.2 Å². The Morgan fingerprint density at radius 3 is 2.65 bits per heavy atom. The van der Waals surface area contributed by atoms with Gasteiger partial charge >= 0.3 is 5.97 Å². The molecule has 0 radical (unpaired) electrons. The monoisotopic (exact) mass is 480 g/mol. The van der Waals surface area contributed by atoms with Crippen LogP contribution in [0.3, 0.4) is 0 Å². The lowest BCUT2D eigenvalue weighted by Gasteiger charge is -2.19. The predicted molar refractivity (Wildman–Crippen MR) is 129 cm³/mol. The molecule has 0 spiro atoms. The number of fused-ring (bicyclic) bond motifs is 1. The summed E-state index contributed by atoms with van der Waals surface area (Å²) < 4.78 is 26.2. The highest BCUT2D eigenvalue weighted by Crippen LogP contribution is 2.46. The second kappa shape index (κ2) is 9.30. The molecule has 0 heterocycles. The zero-order chi connectivity index (χ0) is 23.8. The minimum absolute atomic E-state index is 0.0201. The fraction of sp³-hybridized carbons (Fsp3) is 0.321. The second-order valence-electron chi connectivity index (χ2n) is 9.10. The summed E-state index contributed by atoms with van der Waals surface area (Å²) in [6.07, 6.45) is 3.64. The van der Waals surface area contributed by atoms with E-state index in [1.54, 1.807) is 19.2 Å². The minimum atomic E-state index is -0.772. The summed E-state index contributed by atoms with van der Waals surface area (Å²) in [5.41, 5.74) is 4.05. The van der Waals surface area contributed by atoms with Crippen LogP contribution >= 0.6 is 11.6 Å². The molecule has 3 aromatic rings. The highest BCUT2D eigenvalue weighted by molar-refractivity contribution is 6.34. The van der Waals surface area contributed by atoms with Gasteiger partial charge in [-0.15, -0.1) is 0 Å². The number of hydrogen-bond acceptors (Lipinski definition) is 3. The molecule has 176 valence electrons. The number of benzene rings is 3. The van der Waals surface area contributed by atoms with Crippen LogP contribution < -0.4 is 9.47 Å². The van der Waals surface area contributed by atoms with Crippen LogP contribution in [-0.4, -0.2) is 18.2 Å². The van der Waals surface area contributed by atoms with E-state index < -0.39 is 5.97 Å². The smallest absolute Gasteiger partial charge is 0.303 e. The van der Waals surface area contributed by atoms with Gasteiger partial charge < -0.3 is 14.6 Å². The van der Waals surface area contributed by atoms with Crippen molar-refractivity contribution in [3.63, 3.8) is 0 Å². The molecule has 1 fully saturated rings. The van der Waals surface area contributed by atoms with E-state index in [4.69, 9.17) is 21.1 Å². The van der Waals surface area contributed by atoms with Crippen molar-refractivity contribution in [2.75, 3.05) is 7.11 Å². The highest BCUT2D eigenvalue weighted by atomic mass is 35.5. The highest BCUT2D eigenvalue weighted by Gasteiger charge is 2.34. The molecular formula is C28H26ClFO4. The van der Waals surface area contributed by atoms with Crippen molar-refractivity contribution in [1.82, 2.24) is 0 Å². The molecule has 1 N–H and O–H groups in total. The molecule has 0 bridgehead atoms. The van der Waals surface area contributed by atoms with E-state index in [0.717, 1.165) is 48.1 Å². The van der Waals surface area contributed by atoms with Gasteiger partial charge in [0.15, 0.2) is 0 Å². The Labute approximate surface area is 203 Å². The molecule has 5 rings (SSSR count). The zero-order valence-corrected chi connectivity index (χ0v) is 19.6. The number of hydrogen-bond donors (Lipinski definition) is 1. The summed E-state index contributed by atoms with van der Waals surface area (Å²) in [5.74, 6) is 0.633. The molecular weight excluding hydrogens is 455 g/mol. The molecule has 34 heavy (non-hydrogen) atoms. The maximum Gasteiger partial charge on any atom is 0.303 e. The molecule has 0 saturated heterocycles. The first-order valence-electron chi connectivity index (χ1n) is 11.6. The van der Waals surface area contributed by atoms with Crippen LogP contribution in [0.25, 0.3) is 11.1 Å². The molecule has 2 aliphatic rings. The Morgan fingerprint density at radius 2 is 1.91 bits per heavy atom. The third kappa shape index (κ3) is 4.49. The first kappa shape index (κ1) is 22.7. The quantitative estimate of drug-likeness (QED) is 0.370. The van der Waals surface area contributed by atoms with Gasteiger partial charge in [-0.05, 0) is 84.5 Å².